The minimum absolute atomic E-state index is 0.0268. The fourth-order valence-corrected chi connectivity index (χ4v) is 4.33. The van der Waals surface area contributed by atoms with E-state index in [-0.39, 0.29) is 23.1 Å². The molecule has 1 atom stereocenters. The number of hydrogen-bond acceptors (Lipinski definition) is 2. The van der Waals surface area contributed by atoms with E-state index < -0.39 is 0 Å². The van der Waals surface area contributed by atoms with Crippen LogP contribution in [0.2, 0.25) is 5.02 Å². The van der Waals surface area contributed by atoms with E-state index in [1.807, 2.05) is 18.2 Å². The lowest BCUT2D eigenvalue weighted by molar-refractivity contribution is -0.118. The molecular formula is C21H22ClFN2O. The summed E-state index contributed by atoms with van der Waals surface area (Å²) >= 11 is 6.06. The summed E-state index contributed by atoms with van der Waals surface area (Å²) in [6.45, 7) is 2.89. The average molecular weight is 373 g/mol. The first kappa shape index (κ1) is 17.5. The number of nitrogens with one attached hydrogen (secondary N) is 1. The highest BCUT2D eigenvalue weighted by atomic mass is 35.5. The van der Waals surface area contributed by atoms with Gasteiger partial charge in [0.05, 0.1) is 0 Å². The lowest BCUT2D eigenvalue weighted by atomic mass is 9.90. The number of piperidine rings is 1. The van der Waals surface area contributed by atoms with Crippen molar-refractivity contribution in [2.75, 3.05) is 18.4 Å². The molecule has 1 amide bonds. The molecule has 4 rings (SSSR count). The molecule has 2 aromatic rings. The highest BCUT2D eigenvalue weighted by Crippen LogP contribution is 2.59. The third-order valence-corrected chi connectivity index (χ3v) is 5.98. The summed E-state index contributed by atoms with van der Waals surface area (Å²) in [6, 6.07) is 14.1. The van der Waals surface area contributed by atoms with Crippen LogP contribution in [-0.2, 0) is 11.3 Å². The van der Waals surface area contributed by atoms with Crippen LogP contribution >= 0.6 is 11.6 Å². The number of likely N-dealkylation sites (tertiary alicyclic amines) is 1. The van der Waals surface area contributed by atoms with Gasteiger partial charge in [-0.25, -0.2) is 4.39 Å². The number of nitrogens with zero attached hydrogens (tertiary/aromatic N) is 1. The van der Waals surface area contributed by atoms with Gasteiger partial charge in [0.15, 0.2) is 0 Å². The maximum atomic E-state index is 13.3. The van der Waals surface area contributed by atoms with Crippen LogP contribution in [0.3, 0.4) is 0 Å². The first-order chi connectivity index (χ1) is 12.5. The van der Waals surface area contributed by atoms with Crippen LogP contribution in [0.5, 0.6) is 0 Å². The van der Waals surface area contributed by atoms with Crippen molar-refractivity contribution in [3.63, 3.8) is 0 Å². The number of carbonyl (C=O) groups is 1. The third kappa shape index (κ3) is 3.76. The smallest absolute Gasteiger partial charge is 0.228 e. The fourth-order valence-electron chi connectivity index (χ4n) is 4.12. The van der Waals surface area contributed by atoms with Crippen LogP contribution in [-0.4, -0.2) is 23.9 Å². The quantitative estimate of drug-likeness (QED) is 0.842. The van der Waals surface area contributed by atoms with E-state index in [0.717, 1.165) is 43.9 Å². The van der Waals surface area contributed by atoms with Gasteiger partial charge in [-0.05, 0) is 73.7 Å². The normalized spacial score (nSPS) is 21.5. The average Bonchev–Trinajstić information content (AvgIpc) is 3.31. The third-order valence-electron chi connectivity index (χ3n) is 5.75. The first-order valence-corrected chi connectivity index (χ1v) is 9.45. The molecule has 2 aliphatic rings. The summed E-state index contributed by atoms with van der Waals surface area (Å²) in [5, 5.41) is 3.64. The lowest BCUT2D eigenvalue weighted by Crippen LogP contribution is -2.35. The van der Waals surface area contributed by atoms with Gasteiger partial charge >= 0.3 is 0 Å². The van der Waals surface area contributed by atoms with Crippen molar-refractivity contribution in [2.24, 2.45) is 11.3 Å². The molecule has 0 unspecified atom stereocenters. The highest BCUT2D eigenvalue weighted by molar-refractivity contribution is 6.30. The molecule has 2 fully saturated rings. The number of hydrogen-bond donors (Lipinski definition) is 1. The Hall–Kier alpha value is -1.91. The van der Waals surface area contributed by atoms with E-state index in [9.17, 15) is 9.18 Å². The van der Waals surface area contributed by atoms with E-state index in [1.54, 1.807) is 12.1 Å². The second-order valence-corrected chi connectivity index (χ2v) is 7.96. The van der Waals surface area contributed by atoms with Gasteiger partial charge in [-0.2, -0.15) is 0 Å². The molecular weight excluding hydrogens is 351 g/mol. The van der Waals surface area contributed by atoms with Gasteiger partial charge in [-0.3, -0.25) is 9.69 Å². The summed E-state index contributed by atoms with van der Waals surface area (Å²) < 4.78 is 13.3. The molecule has 0 radical (unpaired) electrons. The topological polar surface area (TPSA) is 32.3 Å². The van der Waals surface area contributed by atoms with Crippen LogP contribution < -0.4 is 5.32 Å². The fraction of sp³-hybridized carbons (Fsp3) is 0.381. The molecule has 1 heterocycles. The number of rotatable bonds is 4. The highest BCUT2D eigenvalue weighted by Gasteiger charge is 2.58. The molecule has 1 saturated carbocycles. The van der Waals surface area contributed by atoms with Gasteiger partial charge in [0.25, 0.3) is 0 Å². The predicted molar refractivity (Wildman–Crippen MR) is 102 cm³/mol. The van der Waals surface area contributed by atoms with Crippen molar-refractivity contribution in [1.29, 1.82) is 0 Å². The van der Waals surface area contributed by atoms with Crippen molar-refractivity contribution in [1.82, 2.24) is 4.90 Å². The molecule has 2 aromatic carbocycles. The molecule has 1 saturated heterocycles. The molecule has 0 aromatic heterocycles. The van der Waals surface area contributed by atoms with Gasteiger partial charge in [-0.15, -0.1) is 0 Å². The van der Waals surface area contributed by atoms with Gasteiger partial charge < -0.3 is 5.32 Å². The molecule has 1 spiro atoms. The zero-order valence-corrected chi connectivity index (χ0v) is 15.3. The minimum Gasteiger partial charge on any atom is -0.326 e. The zero-order chi connectivity index (χ0) is 18.1. The van der Waals surface area contributed by atoms with E-state index in [0.29, 0.717) is 5.69 Å². The molecule has 1 aliphatic carbocycles. The van der Waals surface area contributed by atoms with Crippen molar-refractivity contribution in [3.05, 3.63) is 64.9 Å². The van der Waals surface area contributed by atoms with Crippen molar-refractivity contribution >= 4 is 23.2 Å². The van der Waals surface area contributed by atoms with Crippen molar-refractivity contribution in [3.8, 4) is 0 Å². The van der Waals surface area contributed by atoms with Crippen molar-refractivity contribution < 1.29 is 9.18 Å². The van der Waals surface area contributed by atoms with Crippen molar-refractivity contribution in [2.45, 2.75) is 25.8 Å². The Bertz CT molecular complexity index is 817. The Morgan fingerprint density at radius 1 is 1.19 bits per heavy atom. The van der Waals surface area contributed by atoms with Gasteiger partial charge in [-0.1, -0.05) is 29.8 Å². The molecule has 3 nitrogen and oxygen atoms in total. The van der Waals surface area contributed by atoms with Crippen LogP contribution in [0.15, 0.2) is 48.5 Å². The van der Waals surface area contributed by atoms with E-state index >= 15 is 0 Å². The second kappa shape index (κ2) is 7.01. The zero-order valence-electron chi connectivity index (χ0n) is 14.6. The number of benzene rings is 2. The molecule has 1 aliphatic heterocycles. The Morgan fingerprint density at radius 3 is 2.69 bits per heavy atom. The molecule has 136 valence electrons. The van der Waals surface area contributed by atoms with Gasteiger partial charge in [0, 0.05) is 23.2 Å². The number of anilines is 1. The maximum absolute atomic E-state index is 13.3. The SMILES string of the molecule is O=C(Nc1cccc(F)c1)[C@@H]1CC12CCN(Cc1cccc(Cl)c1)CC2. The maximum Gasteiger partial charge on any atom is 0.228 e. The Kier molecular flexibility index (Phi) is 4.72. The summed E-state index contributed by atoms with van der Waals surface area (Å²) in [6.07, 6.45) is 3.02. The minimum atomic E-state index is -0.331. The Balaban J connectivity index is 1.30. The number of amides is 1. The number of halogens is 2. The van der Waals surface area contributed by atoms with E-state index in [4.69, 9.17) is 11.6 Å². The Labute approximate surface area is 158 Å². The lowest BCUT2D eigenvalue weighted by Gasteiger charge is -2.32. The molecule has 1 N–H and O–H groups in total. The van der Waals surface area contributed by atoms with Gasteiger partial charge in [0.2, 0.25) is 5.91 Å². The van der Waals surface area contributed by atoms with Crippen LogP contribution in [0.25, 0.3) is 0 Å². The number of carbonyl (C=O) groups excluding carboxylic acids is 1. The van der Waals surface area contributed by atoms with Gasteiger partial charge in [0.1, 0.15) is 5.82 Å². The van der Waals surface area contributed by atoms with Crippen LogP contribution in [0.1, 0.15) is 24.8 Å². The monoisotopic (exact) mass is 372 g/mol. The molecule has 5 heteroatoms. The summed E-state index contributed by atoms with van der Waals surface area (Å²) in [5.41, 5.74) is 1.91. The molecule has 26 heavy (non-hydrogen) atoms. The summed E-state index contributed by atoms with van der Waals surface area (Å²) in [7, 11) is 0. The first-order valence-electron chi connectivity index (χ1n) is 9.07. The largest absolute Gasteiger partial charge is 0.326 e. The van der Waals surface area contributed by atoms with Crippen LogP contribution in [0.4, 0.5) is 10.1 Å². The summed E-state index contributed by atoms with van der Waals surface area (Å²) in [4.78, 5) is 14.9. The standard InChI is InChI=1S/C21H22ClFN2O/c22-16-4-1-3-15(11-16)14-25-9-7-21(8-10-25)13-19(21)20(26)24-18-6-2-5-17(23)12-18/h1-6,11-12,19H,7-10,13-14H2,(H,24,26)/t19-/m0/s1. The van der Waals surface area contributed by atoms with Crippen LogP contribution in [0, 0.1) is 17.2 Å². The molecule has 0 bridgehead atoms. The van der Waals surface area contributed by atoms with E-state index in [1.165, 1.54) is 17.7 Å². The second-order valence-electron chi connectivity index (χ2n) is 7.52. The predicted octanol–water partition coefficient (Wildman–Crippen LogP) is 4.72. The summed E-state index contributed by atoms with van der Waals surface area (Å²) in [5.74, 6) is -0.249. The Morgan fingerprint density at radius 2 is 1.96 bits per heavy atom. The van der Waals surface area contributed by atoms with E-state index in [2.05, 4.69) is 16.3 Å².